The Bertz CT molecular complexity index is 1220. The van der Waals surface area contributed by atoms with E-state index >= 15 is 0 Å². The lowest BCUT2D eigenvalue weighted by molar-refractivity contribution is 0.101. The largest absolute Gasteiger partial charge is 0.497 e. The molecule has 158 valence electrons. The second-order valence-corrected chi connectivity index (χ2v) is 7.45. The van der Waals surface area contributed by atoms with Gasteiger partial charge in [-0.3, -0.25) is 9.48 Å². The molecule has 0 radical (unpaired) electrons. The minimum Gasteiger partial charge on any atom is -0.497 e. The summed E-state index contributed by atoms with van der Waals surface area (Å²) in [7, 11) is 1.64. The molecule has 0 saturated heterocycles. The predicted octanol–water partition coefficient (Wildman–Crippen LogP) is 4.77. The third kappa shape index (κ3) is 4.35. The van der Waals surface area contributed by atoms with Gasteiger partial charge in [-0.05, 0) is 38.5 Å². The Hall–Kier alpha value is -3.87. The van der Waals surface area contributed by atoms with Crippen molar-refractivity contribution >= 4 is 11.6 Å². The zero-order valence-corrected chi connectivity index (χ0v) is 18.0. The van der Waals surface area contributed by atoms with E-state index in [9.17, 15) is 4.79 Å². The summed E-state index contributed by atoms with van der Waals surface area (Å²) in [6.07, 6.45) is 0. The third-order valence-electron chi connectivity index (χ3n) is 5.17. The van der Waals surface area contributed by atoms with Gasteiger partial charge in [0.1, 0.15) is 5.75 Å². The molecule has 31 heavy (non-hydrogen) atoms. The molecule has 0 bridgehead atoms. The van der Waals surface area contributed by atoms with Gasteiger partial charge in [-0.1, -0.05) is 47.1 Å². The van der Waals surface area contributed by atoms with Gasteiger partial charge >= 0.3 is 0 Å². The van der Waals surface area contributed by atoms with Gasteiger partial charge in [-0.25, -0.2) is 0 Å². The summed E-state index contributed by atoms with van der Waals surface area (Å²) in [6.45, 7) is 6.38. The molecule has 0 unspecified atom stereocenters. The van der Waals surface area contributed by atoms with Crippen molar-refractivity contribution in [2.75, 3.05) is 12.4 Å². The fraction of sp³-hybridized carbons (Fsp3) is 0.208. The Morgan fingerprint density at radius 3 is 2.61 bits per heavy atom. The summed E-state index contributed by atoms with van der Waals surface area (Å²) in [4.78, 5) is 12.8. The number of rotatable bonds is 6. The average molecular weight is 416 g/mol. The SMILES string of the molecule is COc1cccc(Cn2nc(C)c(NC(=O)c3cc(-c4ccc(C)cc4)on3)c2C)c1. The van der Waals surface area contributed by atoms with Crippen LogP contribution in [0.1, 0.15) is 33.0 Å². The second-order valence-electron chi connectivity index (χ2n) is 7.45. The Balaban J connectivity index is 1.52. The predicted molar refractivity (Wildman–Crippen MR) is 118 cm³/mol. The van der Waals surface area contributed by atoms with E-state index < -0.39 is 0 Å². The number of nitrogens with one attached hydrogen (secondary N) is 1. The maximum atomic E-state index is 12.8. The van der Waals surface area contributed by atoms with Crippen LogP contribution in [0.25, 0.3) is 11.3 Å². The zero-order valence-electron chi connectivity index (χ0n) is 18.0. The van der Waals surface area contributed by atoms with E-state index in [0.717, 1.165) is 33.8 Å². The number of hydrogen-bond acceptors (Lipinski definition) is 5. The van der Waals surface area contributed by atoms with Gasteiger partial charge in [0.15, 0.2) is 11.5 Å². The van der Waals surface area contributed by atoms with E-state index in [2.05, 4.69) is 15.6 Å². The number of hydrogen-bond donors (Lipinski definition) is 1. The van der Waals surface area contributed by atoms with Gasteiger partial charge in [0, 0.05) is 11.6 Å². The molecule has 2 aromatic carbocycles. The maximum absolute atomic E-state index is 12.8. The van der Waals surface area contributed by atoms with Crippen LogP contribution >= 0.6 is 0 Å². The smallest absolute Gasteiger partial charge is 0.277 e. The van der Waals surface area contributed by atoms with Crippen molar-refractivity contribution in [1.82, 2.24) is 14.9 Å². The molecular formula is C24H24N4O3. The molecule has 0 atom stereocenters. The highest BCUT2D eigenvalue weighted by Gasteiger charge is 2.19. The van der Waals surface area contributed by atoms with Gasteiger partial charge in [-0.15, -0.1) is 0 Å². The summed E-state index contributed by atoms with van der Waals surface area (Å²) in [5, 5.41) is 11.4. The fourth-order valence-electron chi connectivity index (χ4n) is 3.39. The van der Waals surface area contributed by atoms with Crippen molar-refractivity contribution in [2.45, 2.75) is 27.3 Å². The van der Waals surface area contributed by atoms with Crippen LogP contribution < -0.4 is 10.1 Å². The maximum Gasteiger partial charge on any atom is 0.277 e. The van der Waals surface area contributed by atoms with Crippen molar-refractivity contribution in [1.29, 1.82) is 0 Å². The number of benzene rings is 2. The number of ether oxygens (including phenoxy) is 1. The number of amides is 1. The van der Waals surface area contributed by atoms with Crippen molar-refractivity contribution in [3.8, 4) is 17.1 Å². The van der Waals surface area contributed by atoms with Crippen LogP contribution in [0.5, 0.6) is 5.75 Å². The highest BCUT2D eigenvalue weighted by atomic mass is 16.5. The highest BCUT2D eigenvalue weighted by Crippen LogP contribution is 2.24. The van der Waals surface area contributed by atoms with Crippen LogP contribution in [0.3, 0.4) is 0 Å². The lowest BCUT2D eigenvalue weighted by Crippen LogP contribution is -2.13. The third-order valence-corrected chi connectivity index (χ3v) is 5.17. The molecule has 0 saturated carbocycles. The molecule has 4 rings (SSSR count). The number of aryl methyl sites for hydroxylation is 2. The van der Waals surface area contributed by atoms with Gasteiger partial charge in [0.2, 0.25) is 0 Å². The average Bonchev–Trinajstić information content (AvgIpc) is 3.36. The first-order valence-electron chi connectivity index (χ1n) is 9.96. The first-order valence-corrected chi connectivity index (χ1v) is 9.96. The number of aromatic nitrogens is 3. The van der Waals surface area contributed by atoms with Gasteiger partial charge in [-0.2, -0.15) is 5.10 Å². The number of nitrogens with zero attached hydrogens (tertiary/aromatic N) is 3. The van der Waals surface area contributed by atoms with Crippen LogP contribution in [-0.2, 0) is 6.54 Å². The number of anilines is 1. The molecule has 7 nitrogen and oxygen atoms in total. The van der Waals surface area contributed by atoms with Gasteiger partial charge in [0.25, 0.3) is 5.91 Å². The molecule has 1 N–H and O–H groups in total. The van der Waals surface area contributed by atoms with Crippen LogP contribution in [0, 0.1) is 20.8 Å². The van der Waals surface area contributed by atoms with Crippen LogP contribution in [0.2, 0.25) is 0 Å². The summed E-state index contributed by atoms with van der Waals surface area (Å²) in [5.74, 6) is 1.00. The topological polar surface area (TPSA) is 82.2 Å². The lowest BCUT2D eigenvalue weighted by atomic mass is 10.1. The Morgan fingerprint density at radius 1 is 1.10 bits per heavy atom. The normalized spacial score (nSPS) is 10.8. The van der Waals surface area contributed by atoms with E-state index in [1.54, 1.807) is 13.2 Å². The van der Waals surface area contributed by atoms with Crippen LogP contribution in [0.15, 0.2) is 59.1 Å². The Morgan fingerprint density at radius 2 is 1.87 bits per heavy atom. The first-order chi connectivity index (χ1) is 14.9. The summed E-state index contributed by atoms with van der Waals surface area (Å²) < 4.78 is 12.5. The molecule has 0 aliphatic heterocycles. The molecule has 0 spiro atoms. The second kappa shape index (κ2) is 8.47. The molecule has 1 amide bonds. The molecular weight excluding hydrogens is 392 g/mol. The monoisotopic (exact) mass is 416 g/mol. The van der Waals surface area contributed by atoms with Crippen LogP contribution in [-0.4, -0.2) is 28.0 Å². The standard InChI is InChI=1S/C24H24N4O3/c1-15-8-10-19(11-9-15)22-13-21(27-31-22)24(29)25-23-16(2)26-28(17(23)3)14-18-6-5-7-20(12-18)30-4/h5-13H,14H2,1-4H3,(H,25,29). The zero-order chi connectivity index (χ0) is 22.0. The molecule has 0 fully saturated rings. The van der Waals surface area contributed by atoms with E-state index in [1.807, 2.05) is 74.0 Å². The quantitative estimate of drug-likeness (QED) is 0.489. The Labute approximate surface area is 180 Å². The Kier molecular flexibility index (Phi) is 5.58. The number of carbonyl (C=O) groups excluding carboxylic acids is 1. The molecule has 4 aromatic rings. The minimum absolute atomic E-state index is 0.218. The summed E-state index contributed by atoms with van der Waals surface area (Å²) in [5.41, 5.74) is 5.56. The van der Waals surface area contributed by atoms with E-state index in [0.29, 0.717) is 18.0 Å². The molecule has 2 aromatic heterocycles. The molecule has 2 heterocycles. The van der Waals surface area contributed by atoms with Gasteiger partial charge in [0.05, 0.1) is 30.7 Å². The van der Waals surface area contributed by atoms with E-state index in [1.165, 1.54) is 0 Å². The summed E-state index contributed by atoms with van der Waals surface area (Å²) in [6, 6.07) is 17.3. The fourth-order valence-corrected chi connectivity index (χ4v) is 3.39. The first kappa shape index (κ1) is 20.4. The summed E-state index contributed by atoms with van der Waals surface area (Å²) >= 11 is 0. The molecule has 0 aliphatic carbocycles. The van der Waals surface area contributed by atoms with E-state index in [4.69, 9.17) is 9.26 Å². The number of carbonyl (C=O) groups is 1. The number of methoxy groups -OCH3 is 1. The minimum atomic E-state index is -0.339. The molecule has 0 aliphatic rings. The van der Waals surface area contributed by atoms with Crippen LogP contribution in [0.4, 0.5) is 5.69 Å². The molecule has 7 heteroatoms. The van der Waals surface area contributed by atoms with Crippen molar-refractivity contribution in [3.05, 3.63) is 82.8 Å². The highest BCUT2D eigenvalue weighted by molar-refractivity contribution is 6.03. The van der Waals surface area contributed by atoms with Crippen molar-refractivity contribution in [3.63, 3.8) is 0 Å². The van der Waals surface area contributed by atoms with E-state index in [-0.39, 0.29) is 11.6 Å². The van der Waals surface area contributed by atoms with Gasteiger partial charge < -0.3 is 14.6 Å². The van der Waals surface area contributed by atoms with Crippen molar-refractivity contribution in [2.24, 2.45) is 0 Å². The van der Waals surface area contributed by atoms with Crippen molar-refractivity contribution < 1.29 is 14.1 Å². The lowest BCUT2D eigenvalue weighted by Gasteiger charge is -2.07.